The van der Waals surface area contributed by atoms with E-state index in [1.54, 1.807) is 0 Å². The van der Waals surface area contributed by atoms with E-state index in [-0.39, 0.29) is 11.3 Å². The number of aliphatic carboxylic acids is 1. The topological polar surface area (TPSA) is 170 Å². The van der Waals surface area contributed by atoms with Crippen LogP contribution in [0.2, 0.25) is 0 Å². The number of benzene rings is 1. The van der Waals surface area contributed by atoms with Gasteiger partial charge in [0.25, 0.3) is 0 Å². The van der Waals surface area contributed by atoms with E-state index in [0.717, 1.165) is 6.07 Å². The monoisotopic (exact) mass is 304 g/mol. The number of carbonyl (C=O) groups excluding carboxylic acids is 1. The van der Waals surface area contributed by atoms with E-state index in [4.69, 9.17) is 21.1 Å². The quantitative estimate of drug-likeness (QED) is 0.305. The predicted molar refractivity (Wildman–Crippen MR) is 67.6 cm³/mol. The summed E-state index contributed by atoms with van der Waals surface area (Å²) in [6, 6.07) is 2.23. The molecule has 0 aliphatic heterocycles. The number of nitrogen functional groups attached to an aromatic ring is 1. The lowest BCUT2D eigenvalue weighted by atomic mass is 10.0. The first-order valence-corrected chi connectivity index (χ1v) is 6.55. The van der Waals surface area contributed by atoms with E-state index in [2.05, 4.69) is 4.18 Å². The van der Waals surface area contributed by atoms with E-state index >= 15 is 0 Å². The maximum Gasteiger partial charge on any atom is 0.446 e. The van der Waals surface area contributed by atoms with Gasteiger partial charge in [-0.3, -0.25) is 14.1 Å². The molecule has 0 aromatic heterocycles. The molecular formula is C10H12N2O7S. The Bertz CT molecular complexity index is 641. The van der Waals surface area contributed by atoms with Gasteiger partial charge in [0, 0.05) is 12.0 Å². The van der Waals surface area contributed by atoms with Crippen LogP contribution in [0.4, 0.5) is 5.69 Å². The second-order valence-electron chi connectivity index (χ2n) is 3.80. The van der Waals surface area contributed by atoms with Crippen molar-refractivity contribution in [1.29, 1.82) is 0 Å². The van der Waals surface area contributed by atoms with Gasteiger partial charge in [-0.25, -0.2) is 0 Å². The number of carboxylic acid groups (broad SMARTS) is 1. The normalized spacial score (nSPS) is 12.7. The van der Waals surface area contributed by atoms with Crippen LogP contribution in [-0.4, -0.2) is 35.9 Å². The first-order chi connectivity index (χ1) is 9.11. The number of rotatable bonds is 6. The largest absolute Gasteiger partial charge is 0.480 e. The third-order valence-electron chi connectivity index (χ3n) is 2.28. The minimum atomic E-state index is -4.79. The average molecular weight is 304 g/mol. The number of nitrogens with two attached hydrogens (primary N) is 2. The third kappa shape index (κ3) is 4.19. The second-order valence-corrected chi connectivity index (χ2v) is 4.82. The highest BCUT2D eigenvalue weighted by Crippen LogP contribution is 2.27. The Labute approximate surface area is 114 Å². The molecule has 1 atom stereocenters. The molecule has 0 saturated carbocycles. The van der Waals surface area contributed by atoms with Crippen LogP contribution in [0.3, 0.4) is 0 Å². The molecule has 20 heavy (non-hydrogen) atoms. The number of anilines is 1. The standard InChI is InChI=1S/C10H12N2O7S/c11-6(10(14)15)4-7(13)5-2-1-3-8(9(5)12)19-20(16,17)18/h1-3,6H,4,11-12H2,(H,14,15)(H,16,17,18)/t6-/m0/s1. The molecule has 10 heteroatoms. The van der Waals surface area contributed by atoms with Crippen LogP contribution < -0.4 is 15.7 Å². The fourth-order valence-electron chi connectivity index (χ4n) is 1.37. The van der Waals surface area contributed by atoms with Crippen molar-refractivity contribution >= 4 is 27.8 Å². The second kappa shape index (κ2) is 5.86. The van der Waals surface area contributed by atoms with Gasteiger partial charge in [0.2, 0.25) is 0 Å². The molecule has 0 heterocycles. The number of Topliss-reactive ketones (excluding diaryl/α,β-unsaturated/α-hetero) is 1. The zero-order valence-corrected chi connectivity index (χ0v) is 10.8. The molecular weight excluding hydrogens is 292 g/mol. The highest BCUT2D eigenvalue weighted by Gasteiger charge is 2.21. The molecule has 9 nitrogen and oxygen atoms in total. The summed E-state index contributed by atoms with van der Waals surface area (Å²) in [4.78, 5) is 22.4. The number of para-hydroxylation sites is 1. The number of hydrogen-bond acceptors (Lipinski definition) is 7. The predicted octanol–water partition coefficient (Wildman–Crippen LogP) is -0.565. The molecule has 0 radical (unpaired) electrons. The highest BCUT2D eigenvalue weighted by molar-refractivity contribution is 7.81. The van der Waals surface area contributed by atoms with Gasteiger partial charge in [-0.05, 0) is 12.1 Å². The lowest BCUT2D eigenvalue weighted by Crippen LogP contribution is -2.32. The Morgan fingerprint density at radius 1 is 1.35 bits per heavy atom. The Balaban J connectivity index is 3.05. The molecule has 0 aliphatic carbocycles. The first kappa shape index (κ1) is 15.9. The minimum Gasteiger partial charge on any atom is -0.480 e. The van der Waals surface area contributed by atoms with Crippen molar-refractivity contribution in [2.24, 2.45) is 5.73 Å². The minimum absolute atomic E-state index is 0.150. The summed E-state index contributed by atoms with van der Waals surface area (Å²) in [6.45, 7) is 0. The van der Waals surface area contributed by atoms with Crippen molar-refractivity contribution in [3.63, 3.8) is 0 Å². The molecule has 1 aromatic rings. The zero-order chi connectivity index (χ0) is 15.5. The van der Waals surface area contributed by atoms with Gasteiger partial charge < -0.3 is 20.8 Å². The molecule has 0 aliphatic rings. The van der Waals surface area contributed by atoms with Crippen LogP contribution in [-0.2, 0) is 15.2 Å². The molecule has 0 unspecified atom stereocenters. The van der Waals surface area contributed by atoms with Crippen LogP contribution in [0.5, 0.6) is 5.75 Å². The van der Waals surface area contributed by atoms with Crippen LogP contribution >= 0.6 is 0 Å². The maximum absolute atomic E-state index is 11.8. The summed E-state index contributed by atoms with van der Waals surface area (Å²) in [5, 5.41) is 8.61. The Hall–Kier alpha value is -2.17. The van der Waals surface area contributed by atoms with Crippen molar-refractivity contribution < 1.29 is 31.8 Å². The van der Waals surface area contributed by atoms with Crippen molar-refractivity contribution in [2.75, 3.05) is 5.73 Å². The Morgan fingerprint density at radius 3 is 2.45 bits per heavy atom. The van der Waals surface area contributed by atoms with Crippen LogP contribution in [0.15, 0.2) is 18.2 Å². The van der Waals surface area contributed by atoms with Gasteiger partial charge in [0.1, 0.15) is 6.04 Å². The summed E-state index contributed by atoms with van der Waals surface area (Å²) in [6.07, 6.45) is -0.519. The Kier molecular flexibility index (Phi) is 4.65. The molecule has 0 saturated heterocycles. The fraction of sp³-hybridized carbons (Fsp3) is 0.200. The molecule has 0 amide bonds. The van der Waals surface area contributed by atoms with Gasteiger partial charge in [-0.1, -0.05) is 6.07 Å². The summed E-state index contributed by atoms with van der Waals surface area (Å²) in [5.74, 6) is -2.50. The maximum atomic E-state index is 11.8. The van der Waals surface area contributed by atoms with Crippen LogP contribution in [0.1, 0.15) is 16.8 Å². The number of hydrogen-bond donors (Lipinski definition) is 4. The van der Waals surface area contributed by atoms with Gasteiger partial charge in [0.15, 0.2) is 11.5 Å². The average Bonchev–Trinajstić information content (AvgIpc) is 2.29. The van der Waals surface area contributed by atoms with E-state index in [1.165, 1.54) is 12.1 Å². The van der Waals surface area contributed by atoms with Gasteiger partial charge >= 0.3 is 16.4 Å². The Morgan fingerprint density at radius 2 is 1.95 bits per heavy atom. The van der Waals surface area contributed by atoms with E-state index in [9.17, 15) is 18.0 Å². The fourth-order valence-corrected chi connectivity index (χ4v) is 1.74. The summed E-state index contributed by atoms with van der Waals surface area (Å²) in [7, 11) is -4.79. The summed E-state index contributed by atoms with van der Waals surface area (Å²) in [5.41, 5.74) is 10.3. The lowest BCUT2D eigenvalue weighted by Gasteiger charge is -2.10. The molecule has 1 rings (SSSR count). The van der Waals surface area contributed by atoms with Gasteiger partial charge in [-0.2, -0.15) is 8.42 Å². The number of carboxylic acids is 1. The molecule has 6 N–H and O–H groups in total. The summed E-state index contributed by atoms with van der Waals surface area (Å²) >= 11 is 0. The van der Waals surface area contributed by atoms with Crippen molar-refractivity contribution in [1.82, 2.24) is 0 Å². The zero-order valence-electron chi connectivity index (χ0n) is 10.0. The van der Waals surface area contributed by atoms with Crippen molar-refractivity contribution in [2.45, 2.75) is 12.5 Å². The molecule has 110 valence electrons. The smallest absolute Gasteiger partial charge is 0.446 e. The molecule has 0 bridgehead atoms. The SMILES string of the molecule is Nc1c(OS(=O)(=O)O)cccc1C(=O)C[C@H](N)C(=O)O. The van der Waals surface area contributed by atoms with Gasteiger partial charge in [0.05, 0.1) is 5.69 Å². The molecule has 0 fully saturated rings. The first-order valence-electron chi connectivity index (χ1n) is 5.19. The van der Waals surface area contributed by atoms with Crippen molar-refractivity contribution in [3.8, 4) is 5.75 Å². The lowest BCUT2D eigenvalue weighted by molar-refractivity contribution is -0.138. The van der Waals surface area contributed by atoms with E-state index < -0.39 is 40.4 Å². The van der Waals surface area contributed by atoms with E-state index in [1.807, 2.05) is 0 Å². The summed E-state index contributed by atoms with van der Waals surface area (Å²) < 4.78 is 33.9. The molecule has 1 aromatic carbocycles. The molecule has 0 spiro atoms. The third-order valence-corrected chi connectivity index (χ3v) is 2.67. The van der Waals surface area contributed by atoms with Crippen LogP contribution in [0, 0.1) is 0 Å². The van der Waals surface area contributed by atoms with E-state index in [0.29, 0.717) is 0 Å². The number of ketones is 1. The van der Waals surface area contributed by atoms with Gasteiger partial charge in [-0.15, -0.1) is 0 Å². The van der Waals surface area contributed by atoms with Crippen molar-refractivity contribution in [3.05, 3.63) is 23.8 Å². The number of carbonyl (C=O) groups is 2. The van der Waals surface area contributed by atoms with Crippen LogP contribution in [0.25, 0.3) is 0 Å². The highest BCUT2D eigenvalue weighted by atomic mass is 32.3.